The minimum absolute atomic E-state index is 0.165. The van der Waals surface area contributed by atoms with Crippen molar-refractivity contribution in [2.24, 2.45) is 5.41 Å². The van der Waals surface area contributed by atoms with Crippen LogP contribution in [0.15, 0.2) is 24.4 Å². The molecule has 1 aromatic carbocycles. The van der Waals surface area contributed by atoms with Crippen LogP contribution >= 0.6 is 11.6 Å². The molecule has 2 aromatic rings. The smallest absolute Gasteiger partial charge is 0.419 e. The summed E-state index contributed by atoms with van der Waals surface area (Å²) in [5, 5.41) is 8.73. The highest BCUT2D eigenvalue weighted by Gasteiger charge is 2.42. The summed E-state index contributed by atoms with van der Waals surface area (Å²) in [6, 6.07) is 3.65. The average molecular weight is 459 g/mol. The SMILES string of the molecule is CC1(COc2cc(F)c(C(=O)O)cc2C2CC2)CN(c2cc(Cl)c(C(F)(F)F)cn2)C1. The highest BCUT2D eigenvalue weighted by molar-refractivity contribution is 6.31. The number of carboxylic acid groups (broad SMARTS) is 1. The number of halogens is 5. The average Bonchev–Trinajstić information content (AvgIpc) is 3.47. The highest BCUT2D eigenvalue weighted by atomic mass is 35.5. The number of hydrogen-bond acceptors (Lipinski definition) is 4. The highest BCUT2D eigenvalue weighted by Crippen LogP contribution is 2.46. The minimum Gasteiger partial charge on any atom is -0.492 e. The van der Waals surface area contributed by atoms with E-state index in [-0.39, 0.29) is 23.5 Å². The van der Waals surface area contributed by atoms with Gasteiger partial charge in [-0.15, -0.1) is 0 Å². The number of rotatable bonds is 6. The lowest BCUT2D eigenvalue weighted by molar-refractivity contribution is -0.137. The molecule has 2 aliphatic rings. The zero-order valence-corrected chi connectivity index (χ0v) is 17.2. The Balaban J connectivity index is 1.43. The van der Waals surface area contributed by atoms with Gasteiger partial charge in [-0.2, -0.15) is 13.2 Å². The van der Waals surface area contributed by atoms with Gasteiger partial charge in [0.1, 0.15) is 17.4 Å². The van der Waals surface area contributed by atoms with Gasteiger partial charge >= 0.3 is 12.1 Å². The van der Waals surface area contributed by atoms with Gasteiger partial charge in [-0.3, -0.25) is 0 Å². The molecule has 0 atom stereocenters. The van der Waals surface area contributed by atoms with Gasteiger partial charge in [0, 0.05) is 30.8 Å². The molecule has 0 bridgehead atoms. The molecule has 4 rings (SSSR count). The summed E-state index contributed by atoms with van der Waals surface area (Å²) in [6.45, 7) is 3.11. The zero-order chi connectivity index (χ0) is 22.6. The number of hydrogen-bond donors (Lipinski definition) is 1. The largest absolute Gasteiger partial charge is 0.492 e. The van der Waals surface area contributed by atoms with Crippen molar-refractivity contribution in [2.75, 3.05) is 24.6 Å². The molecule has 2 heterocycles. The second-order valence-electron chi connectivity index (χ2n) is 8.42. The normalized spacial score (nSPS) is 17.9. The number of alkyl halides is 3. The summed E-state index contributed by atoms with van der Waals surface area (Å²) >= 11 is 5.77. The number of carbonyl (C=O) groups is 1. The lowest BCUT2D eigenvalue weighted by atomic mass is 9.83. The first-order valence-electron chi connectivity index (χ1n) is 9.64. The molecule has 0 radical (unpaired) electrons. The van der Waals surface area contributed by atoms with Crippen molar-refractivity contribution in [3.63, 3.8) is 0 Å². The van der Waals surface area contributed by atoms with Crippen LogP contribution in [0.1, 0.15) is 47.2 Å². The van der Waals surface area contributed by atoms with Crippen LogP contribution in [0.2, 0.25) is 5.02 Å². The second-order valence-corrected chi connectivity index (χ2v) is 8.83. The lowest BCUT2D eigenvalue weighted by Crippen LogP contribution is -2.58. The summed E-state index contributed by atoms with van der Waals surface area (Å²) < 4.78 is 58.5. The summed E-state index contributed by atoms with van der Waals surface area (Å²) in [5.41, 5.74) is -1.00. The number of aromatic nitrogens is 1. The fraction of sp³-hybridized carbons (Fsp3) is 0.429. The molecule has 31 heavy (non-hydrogen) atoms. The Morgan fingerprint density at radius 1 is 1.32 bits per heavy atom. The van der Waals surface area contributed by atoms with Gasteiger partial charge in [0.15, 0.2) is 0 Å². The van der Waals surface area contributed by atoms with Crippen molar-refractivity contribution in [1.29, 1.82) is 0 Å². The van der Waals surface area contributed by atoms with Crippen LogP contribution < -0.4 is 9.64 Å². The van der Waals surface area contributed by atoms with E-state index < -0.39 is 28.5 Å². The molecule has 166 valence electrons. The molecular weight excluding hydrogens is 440 g/mol. The van der Waals surface area contributed by atoms with Gasteiger partial charge in [-0.05, 0) is 36.5 Å². The Kier molecular flexibility index (Phi) is 5.28. The van der Waals surface area contributed by atoms with Crippen molar-refractivity contribution in [1.82, 2.24) is 4.98 Å². The molecule has 10 heteroatoms. The third-order valence-corrected chi connectivity index (χ3v) is 5.85. The molecule has 0 spiro atoms. The van der Waals surface area contributed by atoms with Crippen LogP contribution in [-0.2, 0) is 6.18 Å². The van der Waals surface area contributed by atoms with Gasteiger partial charge in [-0.1, -0.05) is 18.5 Å². The van der Waals surface area contributed by atoms with Gasteiger partial charge < -0.3 is 14.7 Å². The van der Waals surface area contributed by atoms with Gasteiger partial charge in [0.05, 0.1) is 22.8 Å². The van der Waals surface area contributed by atoms with Crippen LogP contribution in [-0.4, -0.2) is 35.8 Å². The Hall–Kier alpha value is -2.55. The predicted octanol–water partition coefficient (Wildman–Crippen LogP) is 5.37. The van der Waals surface area contributed by atoms with E-state index in [2.05, 4.69) is 4.98 Å². The Morgan fingerprint density at radius 2 is 2.00 bits per heavy atom. The number of anilines is 1. The fourth-order valence-corrected chi connectivity index (χ4v) is 4.01. The molecule has 1 aliphatic heterocycles. The van der Waals surface area contributed by atoms with Crippen LogP contribution in [0.25, 0.3) is 0 Å². The summed E-state index contributed by atoms with van der Waals surface area (Å²) in [5.74, 6) is -1.34. The molecule has 1 aromatic heterocycles. The van der Waals surface area contributed by atoms with Gasteiger partial charge in [0.25, 0.3) is 0 Å². The first-order valence-corrected chi connectivity index (χ1v) is 10.0. The Morgan fingerprint density at radius 3 is 2.55 bits per heavy atom. The van der Waals surface area contributed by atoms with Crippen molar-refractivity contribution in [2.45, 2.75) is 31.9 Å². The topological polar surface area (TPSA) is 62.7 Å². The van der Waals surface area contributed by atoms with E-state index in [1.807, 2.05) is 6.92 Å². The van der Waals surface area contributed by atoms with E-state index in [0.717, 1.165) is 25.1 Å². The van der Waals surface area contributed by atoms with E-state index in [0.29, 0.717) is 30.2 Å². The second kappa shape index (κ2) is 7.55. The Bertz CT molecular complexity index is 1030. The molecule has 1 saturated heterocycles. The molecule has 1 saturated carbocycles. The van der Waals surface area contributed by atoms with Crippen molar-refractivity contribution in [3.05, 3.63) is 51.9 Å². The maximum atomic E-state index is 14.1. The van der Waals surface area contributed by atoms with Crippen molar-refractivity contribution in [3.8, 4) is 5.75 Å². The third-order valence-electron chi connectivity index (χ3n) is 5.54. The number of benzene rings is 1. The molecule has 0 amide bonds. The number of aromatic carboxylic acids is 1. The minimum atomic E-state index is -4.56. The number of pyridine rings is 1. The van der Waals surface area contributed by atoms with Crippen LogP contribution in [0.3, 0.4) is 0 Å². The number of ether oxygens (including phenoxy) is 1. The van der Waals surface area contributed by atoms with Gasteiger partial charge in [0.2, 0.25) is 0 Å². The van der Waals surface area contributed by atoms with E-state index in [9.17, 15) is 22.4 Å². The van der Waals surface area contributed by atoms with Crippen LogP contribution in [0.5, 0.6) is 5.75 Å². The standard InChI is InChI=1S/C21H19ClF4N2O3/c1-20(8-28(9-20)18-5-15(22)14(7-27-18)21(24,25)26)10-31-17-6-16(23)13(19(29)30)4-12(17)11-2-3-11/h4-7,11H,2-3,8-10H2,1H3,(H,29,30). The zero-order valence-electron chi connectivity index (χ0n) is 16.5. The van der Waals surface area contributed by atoms with E-state index in [1.54, 1.807) is 4.90 Å². The van der Waals surface area contributed by atoms with Gasteiger partial charge in [-0.25, -0.2) is 14.2 Å². The van der Waals surface area contributed by atoms with E-state index in [1.165, 1.54) is 12.1 Å². The summed E-state index contributed by atoms with van der Waals surface area (Å²) in [6.07, 6.45) is -2.05. The monoisotopic (exact) mass is 458 g/mol. The number of carboxylic acids is 1. The molecule has 0 unspecified atom stereocenters. The van der Waals surface area contributed by atoms with E-state index in [4.69, 9.17) is 21.4 Å². The molecule has 1 aliphatic carbocycles. The fourth-order valence-electron chi connectivity index (χ4n) is 3.76. The third kappa shape index (κ3) is 4.42. The van der Waals surface area contributed by atoms with Crippen molar-refractivity contribution >= 4 is 23.4 Å². The lowest BCUT2D eigenvalue weighted by Gasteiger charge is -2.48. The first kappa shape index (κ1) is 21.7. The Labute approximate surface area is 180 Å². The summed E-state index contributed by atoms with van der Waals surface area (Å²) in [7, 11) is 0. The van der Waals surface area contributed by atoms with Crippen LogP contribution in [0, 0.1) is 11.2 Å². The predicted molar refractivity (Wildman–Crippen MR) is 105 cm³/mol. The first-order chi connectivity index (χ1) is 14.5. The summed E-state index contributed by atoms with van der Waals surface area (Å²) in [4.78, 5) is 16.9. The molecular formula is C21H19ClF4N2O3. The maximum Gasteiger partial charge on any atom is 0.419 e. The van der Waals surface area contributed by atoms with Crippen molar-refractivity contribution < 1.29 is 32.2 Å². The molecule has 2 fully saturated rings. The molecule has 1 N–H and O–H groups in total. The quantitative estimate of drug-likeness (QED) is 0.589. The van der Waals surface area contributed by atoms with Crippen LogP contribution in [0.4, 0.5) is 23.4 Å². The maximum absolute atomic E-state index is 14.1. The number of nitrogens with zero attached hydrogens (tertiary/aromatic N) is 2. The van der Waals surface area contributed by atoms with E-state index >= 15 is 0 Å². The molecule has 5 nitrogen and oxygen atoms in total.